The second-order valence-electron chi connectivity index (χ2n) is 13.0. The molecule has 0 radical (unpaired) electrons. The van der Waals surface area contributed by atoms with E-state index in [0.717, 1.165) is 54.6 Å². The lowest BCUT2D eigenvalue weighted by Gasteiger charge is -2.11. The van der Waals surface area contributed by atoms with Crippen molar-refractivity contribution < 1.29 is 4.70 Å². The van der Waals surface area contributed by atoms with Gasteiger partial charge in [-0.3, -0.25) is 0 Å². The van der Waals surface area contributed by atoms with Crippen LogP contribution in [0.25, 0.3) is 16.9 Å². The van der Waals surface area contributed by atoms with Gasteiger partial charge in [-0.15, -0.1) is 0 Å². The molecule has 43 heavy (non-hydrogen) atoms. The SMILES string of the molecule is CCCCCCCCCCCCCCCCCc1ccc(C2=C(CCCC)C=C(c3ccc(CCCC)cc3)[N+]2=[N-])cc1. The van der Waals surface area contributed by atoms with Gasteiger partial charge in [0.25, 0.3) is 0 Å². The van der Waals surface area contributed by atoms with Gasteiger partial charge in [-0.2, -0.15) is 0 Å². The molecule has 0 saturated carbocycles. The van der Waals surface area contributed by atoms with E-state index in [0.29, 0.717) is 0 Å². The van der Waals surface area contributed by atoms with Gasteiger partial charge in [-0.05, 0) is 73.9 Å². The molecular formula is C41H62N2. The van der Waals surface area contributed by atoms with Gasteiger partial charge in [0.1, 0.15) is 0 Å². The number of nitrogens with zero attached hydrogens (tertiary/aromatic N) is 2. The Morgan fingerprint density at radius 3 is 1.33 bits per heavy atom. The summed E-state index contributed by atoms with van der Waals surface area (Å²) in [6, 6.07) is 17.8. The van der Waals surface area contributed by atoms with E-state index in [1.165, 1.54) is 131 Å². The van der Waals surface area contributed by atoms with Crippen molar-refractivity contribution in [2.45, 2.75) is 162 Å². The number of allylic oxidation sites excluding steroid dienone is 2. The highest BCUT2D eigenvalue weighted by Gasteiger charge is 2.28. The Labute approximate surface area is 265 Å². The van der Waals surface area contributed by atoms with Crippen molar-refractivity contribution in [2.75, 3.05) is 0 Å². The van der Waals surface area contributed by atoms with Crippen molar-refractivity contribution in [3.63, 3.8) is 0 Å². The summed E-state index contributed by atoms with van der Waals surface area (Å²) < 4.78 is 1.44. The maximum absolute atomic E-state index is 11.4. The fourth-order valence-electron chi connectivity index (χ4n) is 6.37. The molecule has 0 saturated heterocycles. The van der Waals surface area contributed by atoms with Crippen LogP contribution in [0.1, 0.15) is 171 Å². The highest BCUT2D eigenvalue weighted by molar-refractivity contribution is 5.78. The van der Waals surface area contributed by atoms with Gasteiger partial charge in [0.05, 0.1) is 0 Å². The van der Waals surface area contributed by atoms with Gasteiger partial charge in [0.15, 0.2) is 0 Å². The Morgan fingerprint density at radius 2 is 0.837 bits per heavy atom. The van der Waals surface area contributed by atoms with E-state index in [2.05, 4.69) is 75.4 Å². The van der Waals surface area contributed by atoms with Crippen molar-refractivity contribution in [3.05, 3.63) is 88.0 Å². The molecule has 0 amide bonds. The van der Waals surface area contributed by atoms with Crippen molar-refractivity contribution in [3.8, 4) is 0 Å². The molecule has 2 heteroatoms. The minimum atomic E-state index is 0.894. The summed E-state index contributed by atoms with van der Waals surface area (Å²) in [5.74, 6) is 0. The van der Waals surface area contributed by atoms with E-state index in [1.807, 2.05) is 0 Å². The number of hydrogen-bond acceptors (Lipinski definition) is 0. The topological polar surface area (TPSA) is 25.3 Å². The third kappa shape index (κ3) is 12.6. The smallest absolute Gasteiger partial charge is 0.210 e. The Hall–Kier alpha value is -2.48. The predicted molar refractivity (Wildman–Crippen MR) is 188 cm³/mol. The molecule has 1 heterocycles. The van der Waals surface area contributed by atoms with Crippen LogP contribution in [0.5, 0.6) is 0 Å². The Bertz CT molecular complexity index is 1100. The molecule has 0 unspecified atom stereocenters. The zero-order chi connectivity index (χ0) is 30.5. The lowest BCUT2D eigenvalue weighted by Crippen LogP contribution is -2.02. The third-order valence-electron chi connectivity index (χ3n) is 9.22. The molecule has 2 aromatic carbocycles. The monoisotopic (exact) mass is 582 g/mol. The second kappa shape index (κ2) is 21.3. The van der Waals surface area contributed by atoms with Crippen LogP contribution < -0.4 is 0 Å². The lowest BCUT2D eigenvalue weighted by atomic mass is 9.99. The molecule has 0 aliphatic carbocycles. The zero-order valence-corrected chi connectivity index (χ0v) is 28.1. The summed E-state index contributed by atoms with van der Waals surface area (Å²) >= 11 is 0. The zero-order valence-electron chi connectivity index (χ0n) is 28.1. The van der Waals surface area contributed by atoms with Gasteiger partial charge in [-0.25, -0.2) is 4.70 Å². The van der Waals surface area contributed by atoms with Crippen molar-refractivity contribution in [1.29, 1.82) is 0 Å². The van der Waals surface area contributed by atoms with E-state index < -0.39 is 0 Å². The summed E-state index contributed by atoms with van der Waals surface area (Å²) in [7, 11) is 0. The molecule has 0 fully saturated rings. The lowest BCUT2D eigenvalue weighted by molar-refractivity contribution is -0.344. The first-order chi connectivity index (χ1) is 21.2. The summed E-state index contributed by atoms with van der Waals surface area (Å²) in [5, 5.41) is 0. The largest absolute Gasteiger partial charge is 0.493 e. The fraction of sp³-hybridized carbons (Fsp3) is 0.610. The van der Waals surface area contributed by atoms with E-state index in [4.69, 9.17) is 0 Å². The summed E-state index contributed by atoms with van der Waals surface area (Å²) in [6.07, 6.45) is 31.3. The van der Waals surface area contributed by atoms with E-state index in [9.17, 15) is 5.53 Å². The molecule has 3 rings (SSSR count). The Morgan fingerprint density at radius 1 is 0.442 bits per heavy atom. The summed E-state index contributed by atoms with van der Waals surface area (Å²) in [6.45, 7) is 6.77. The van der Waals surface area contributed by atoms with Crippen molar-refractivity contribution in [1.82, 2.24) is 0 Å². The Kier molecular flexibility index (Phi) is 17.3. The van der Waals surface area contributed by atoms with Gasteiger partial charge < -0.3 is 5.53 Å². The molecule has 2 aromatic rings. The number of rotatable bonds is 24. The molecular weight excluding hydrogens is 520 g/mol. The van der Waals surface area contributed by atoms with Crippen molar-refractivity contribution in [2.24, 2.45) is 0 Å². The van der Waals surface area contributed by atoms with E-state index in [-0.39, 0.29) is 0 Å². The van der Waals surface area contributed by atoms with Crippen LogP contribution in [-0.4, -0.2) is 4.70 Å². The first kappa shape index (κ1) is 35.0. The number of benzene rings is 2. The minimum Gasteiger partial charge on any atom is -0.493 e. The summed E-state index contributed by atoms with van der Waals surface area (Å²) in [5.41, 5.74) is 19.4. The number of unbranched alkanes of at least 4 members (excludes halogenated alkanes) is 16. The number of hydrogen-bond donors (Lipinski definition) is 0. The normalized spacial score (nSPS) is 13.3. The quantitative estimate of drug-likeness (QED) is 0.0869. The third-order valence-corrected chi connectivity index (χ3v) is 9.22. The van der Waals surface area contributed by atoms with Crippen LogP contribution in [0, 0.1) is 0 Å². The molecule has 0 aromatic heterocycles. The number of aryl methyl sites for hydroxylation is 2. The first-order valence-corrected chi connectivity index (χ1v) is 18.3. The highest BCUT2D eigenvalue weighted by atomic mass is 15.2. The maximum Gasteiger partial charge on any atom is 0.210 e. The van der Waals surface area contributed by atoms with Crippen molar-refractivity contribution >= 4 is 11.4 Å². The standard InChI is InChI=1S/C41H62N2/c1-4-7-10-11-12-13-14-15-16-17-18-19-20-21-22-24-36-28-32-38(33-29-36)41-39(25-9-6-3)34-40(43(41)42)37-30-26-35(27-31-37)23-8-5-2/h26-34H,4-25H2,1-3H3. The molecule has 0 bridgehead atoms. The molecule has 2 nitrogen and oxygen atoms in total. The van der Waals surface area contributed by atoms with Crippen LogP contribution in [0.4, 0.5) is 0 Å². The van der Waals surface area contributed by atoms with Crippen LogP contribution >= 0.6 is 0 Å². The van der Waals surface area contributed by atoms with Gasteiger partial charge in [0.2, 0.25) is 11.4 Å². The Balaban J connectivity index is 1.38. The molecule has 1 aliphatic rings. The average Bonchev–Trinajstić information content (AvgIpc) is 3.36. The fourth-order valence-corrected chi connectivity index (χ4v) is 6.37. The second-order valence-corrected chi connectivity index (χ2v) is 13.0. The van der Waals surface area contributed by atoms with Crippen LogP contribution in [0.3, 0.4) is 0 Å². The van der Waals surface area contributed by atoms with E-state index >= 15 is 0 Å². The van der Waals surface area contributed by atoms with Gasteiger partial charge >= 0.3 is 0 Å². The predicted octanol–water partition coefficient (Wildman–Crippen LogP) is 13.4. The van der Waals surface area contributed by atoms with Crippen LogP contribution in [-0.2, 0) is 12.8 Å². The van der Waals surface area contributed by atoms with E-state index in [1.54, 1.807) is 0 Å². The highest BCUT2D eigenvalue weighted by Crippen LogP contribution is 2.37. The van der Waals surface area contributed by atoms with Gasteiger partial charge in [-0.1, -0.05) is 148 Å². The molecule has 0 N–H and O–H groups in total. The summed E-state index contributed by atoms with van der Waals surface area (Å²) in [4.78, 5) is 0. The molecule has 0 spiro atoms. The van der Waals surface area contributed by atoms with Crippen LogP contribution in [0.2, 0.25) is 0 Å². The maximum atomic E-state index is 11.4. The minimum absolute atomic E-state index is 0.894. The first-order valence-electron chi connectivity index (χ1n) is 18.3. The molecule has 1 aliphatic heterocycles. The van der Waals surface area contributed by atoms with Gasteiger partial charge in [0, 0.05) is 22.8 Å². The average molecular weight is 583 g/mol. The molecule has 0 atom stereocenters. The molecule has 236 valence electrons. The van der Waals surface area contributed by atoms with Crippen LogP contribution in [0.15, 0.2) is 60.2 Å².